The summed E-state index contributed by atoms with van der Waals surface area (Å²) in [5, 5.41) is 0. The fourth-order valence-electron chi connectivity index (χ4n) is 3.08. The number of esters is 1. The normalized spacial score (nSPS) is 13.3. The van der Waals surface area contributed by atoms with Gasteiger partial charge in [0, 0.05) is 25.5 Å². The lowest BCUT2D eigenvalue weighted by molar-refractivity contribution is -0.131. The van der Waals surface area contributed by atoms with E-state index in [1.54, 1.807) is 6.20 Å². The zero-order valence-corrected chi connectivity index (χ0v) is 13.9. The number of benzene rings is 1. The highest BCUT2D eigenvalue weighted by molar-refractivity contribution is 5.91. The Hall–Kier alpha value is -2.69. The first kappa shape index (κ1) is 16.2. The van der Waals surface area contributed by atoms with Gasteiger partial charge in [0.25, 0.3) is 0 Å². The van der Waals surface area contributed by atoms with Crippen molar-refractivity contribution in [3.63, 3.8) is 0 Å². The van der Waals surface area contributed by atoms with Gasteiger partial charge in [-0.2, -0.15) is 0 Å². The van der Waals surface area contributed by atoms with E-state index in [4.69, 9.17) is 4.74 Å². The molecule has 1 amide bonds. The van der Waals surface area contributed by atoms with Crippen LogP contribution in [-0.2, 0) is 28.9 Å². The number of hydrogen-bond acceptors (Lipinski definition) is 4. The van der Waals surface area contributed by atoms with Gasteiger partial charge in [-0.15, -0.1) is 0 Å². The van der Waals surface area contributed by atoms with Crippen molar-refractivity contribution in [1.29, 1.82) is 0 Å². The molecule has 1 aromatic heterocycles. The fraction of sp³-hybridized carbons (Fsp3) is 0.316. The van der Waals surface area contributed by atoms with E-state index in [2.05, 4.69) is 4.98 Å². The maximum atomic E-state index is 12.6. The molecular weight excluding hydrogens is 304 g/mol. The number of aromatic nitrogens is 1. The Morgan fingerprint density at radius 1 is 1.25 bits per heavy atom. The van der Waals surface area contributed by atoms with Gasteiger partial charge in [0.05, 0.1) is 19.1 Å². The smallest absolute Gasteiger partial charge is 0.339 e. The molecule has 0 saturated heterocycles. The molecule has 3 rings (SSSR count). The SMILES string of the molecule is COC(=O)c1cncc2c1CCN(C(=O)Cc1ccccc1C)C2. The van der Waals surface area contributed by atoms with Crippen molar-refractivity contribution in [3.05, 3.63) is 64.5 Å². The van der Waals surface area contributed by atoms with Crippen molar-refractivity contribution in [2.24, 2.45) is 0 Å². The van der Waals surface area contributed by atoms with Gasteiger partial charge < -0.3 is 9.64 Å². The molecule has 5 heteroatoms. The molecule has 1 aliphatic heterocycles. The summed E-state index contributed by atoms with van der Waals surface area (Å²) in [5.41, 5.74) is 4.53. The summed E-state index contributed by atoms with van der Waals surface area (Å²) < 4.78 is 4.81. The minimum Gasteiger partial charge on any atom is -0.465 e. The van der Waals surface area contributed by atoms with E-state index in [0.717, 1.165) is 22.3 Å². The van der Waals surface area contributed by atoms with Crippen LogP contribution in [-0.4, -0.2) is 35.4 Å². The standard InChI is InChI=1S/C19H20N2O3/c1-13-5-3-4-6-14(13)9-18(22)21-8-7-16-15(12-21)10-20-11-17(16)19(23)24-2/h3-6,10-11H,7-9,12H2,1-2H3. The molecule has 0 unspecified atom stereocenters. The fourth-order valence-corrected chi connectivity index (χ4v) is 3.08. The van der Waals surface area contributed by atoms with E-state index in [0.29, 0.717) is 31.5 Å². The molecule has 0 N–H and O–H groups in total. The van der Waals surface area contributed by atoms with Crippen LogP contribution in [0, 0.1) is 6.92 Å². The molecule has 2 heterocycles. The van der Waals surface area contributed by atoms with Gasteiger partial charge in [0.15, 0.2) is 0 Å². The van der Waals surface area contributed by atoms with Crippen molar-refractivity contribution in [2.75, 3.05) is 13.7 Å². The molecular formula is C19H20N2O3. The first-order chi connectivity index (χ1) is 11.6. The predicted molar refractivity (Wildman–Crippen MR) is 89.6 cm³/mol. The molecule has 0 atom stereocenters. The number of pyridine rings is 1. The number of fused-ring (bicyclic) bond motifs is 1. The van der Waals surface area contributed by atoms with Crippen molar-refractivity contribution in [1.82, 2.24) is 9.88 Å². The Balaban J connectivity index is 1.77. The molecule has 5 nitrogen and oxygen atoms in total. The molecule has 1 aromatic carbocycles. The monoisotopic (exact) mass is 324 g/mol. The first-order valence-corrected chi connectivity index (χ1v) is 7.96. The third-order valence-corrected chi connectivity index (χ3v) is 4.50. The third kappa shape index (κ3) is 3.15. The van der Waals surface area contributed by atoms with Crippen LogP contribution in [0.4, 0.5) is 0 Å². The lowest BCUT2D eigenvalue weighted by atomic mass is 9.96. The van der Waals surface area contributed by atoms with Crippen molar-refractivity contribution in [2.45, 2.75) is 26.3 Å². The molecule has 0 aliphatic carbocycles. The van der Waals surface area contributed by atoms with Crippen LogP contribution >= 0.6 is 0 Å². The van der Waals surface area contributed by atoms with E-state index < -0.39 is 0 Å². The van der Waals surface area contributed by atoms with Gasteiger partial charge in [-0.05, 0) is 35.6 Å². The Kier molecular flexibility index (Phi) is 4.60. The highest BCUT2D eigenvalue weighted by Crippen LogP contribution is 2.23. The highest BCUT2D eigenvalue weighted by Gasteiger charge is 2.25. The summed E-state index contributed by atoms with van der Waals surface area (Å²) in [5.74, 6) is -0.280. The number of amides is 1. The van der Waals surface area contributed by atoms with Crippen LogP contribution in [0.15, 0.2) is 36.7 Å². The number of rotatable bonds is 3. The third-order valence-electron chi connectivity index (χ3n) is 4.50. The molecule has 2 aromatic rings. The number of hydrogen-bond donors (Lipinski definition) is 0. The minimum atomic E-state index is -0.376. The summed E-state index contributed by atoms with van der Waals surface area (Å²) in [6.45, 7) is 3.10. The van der Waals surface area contributed by atoms with Crippen molar-refractivity contribution < 1.29 is 14.3 Å². The Morgan fingerprint density at radius 2 is 2.04 bits per heavy atom. The topological polar surface area (TPSA) is 59.5 Å². The Morgan fingerprint density at radius 3 is 2.79 bits per heavy atom. The zero-order chi connectivity index (χ0) is 17.1. The van der Waals surface area contributed by atoms with Gasteiger partial charge in [-0.3, -0.25) is 9.78 Å². The summed E-state index contributed by atoms with van der Waals surface area (Å²) in [7, 11) is 1.36. The second-order valence-corrected chi connectivity index (χ2v) is 5.98. The average molecular weight is 324 g/mol. The van der Waals surface area contributed by atoms with Gasteiger partial charge in [0.1, 0.15) is 0 Å². The second kappa shape index (κ2) is 6.83. The van der Waals surface area contributed by atoms with Crippen molar-refractivity contribution in [3.8, 4) is 0 Å². The van der Waals surface area contributed by atoms with Crippen LogP contribution in [0.5, 0.6) is 0 Å². The molecule has 24 heavy (non-hydrogen) atoms. The molecule has 1 aliphatic rings. The quantitative estimate of drug-likeness (QED) is 0.813. The van der Waals surface area contributed by atoms with Crippen LogP contribution in [0.1, 0.15) is 32.6 Å². The summed E-state index contributed by atoms with van der Waals surface area (Å²) in [6.07, 6.45) is 4.30. The van der Waals surface area contributed by atoms with Crippen LogP contribution < -0.4 is 0 Å². The lowest BCUT2D eigenvalue weighted by Crippen LogP contribution is -2.37. The Bertz CT molecular complexity index is 786. The average Bonchev–Trinajstić information content (AvgIpc) is 2.62. The van der Waals surface area contributed by atoms with E-state index in [9.17, 15) is 9.59 Å². The maximum absolute atomic E-state index is 12.6. The summed E-state index contributed by atoms with van der Waals surface area (Å²) in [4.78, 5) is 30.4. The second-order valence-electron chi connectivity index (χ2n) is 5.98. The van der Waals surface area contributed by atoms with Gasteiger partial charge in [-0.25, -0.2) is 4.79 Å². The number of carbonyl (C=O) groups is 2. The minimum absolute atomic E-state index is 0.0958. The lowest BCUT2D eigenvalue weighted by Gasteiger charge is -2.29. The first-order valence-electron chi connectivity index (χ1n) is 7.96. The predicted octanol–water partition coefficient (Wildman–Crippen LogP) is 2.30. The number of nitrogens with zero attached hydrogens (tertiary/aromatic N) is 2. The highest BCUT2D eigenvalue weighted by atomic mass is 16.5. The van der Waals surface area contributed by atoms with E-state index in [1.807, 2.05) is 36.1 Å². The Labute approximate surface area is 141 Å². The van der Waals surface area contributed by atoms with E-state index in [-0.39, 0.29) is 11.9 Å². The molecule has 0 radical (unpaired) electrons. The van der Waals surface area contributed by atoms with E-state index >= 15 is 0 Å². The van der Waals surface area contributed by atoms with Gasteiger partial charge in [-0.1, -0.05) is 24.3 Å². The maximum Gasteiger partial charge on any atom is 0.339 e. The number of methoxy groups -OCH3 is 1. The molecule has 0 spiro atoms. The van der Waals surface area contributed by atoms with Crippen LogP contribution in [0.2, 0.25) is 0 Å². The number of aryl methyl sites for hydroxylation is 1. The molecule has 0 saturated carbocycles. The largest absolute Gasteiger partial charge is 0.465 e. The van der Waals surface area contributed by atoms with Gasteiger partial charge in [0.2, 0.25) is 5.91 Å². The van der Waals surface area contributed by atoms with E-state index in [1.165, 1.54) is 13.3 Å². The van der Waals surface area contributed by atoms with Crippen LogP contribution in [0.3, 0.4) is 0 Å². The summed E-state index contributed by atoms with van der Waals surface area (Å²) in [6, 6.07) is 7.93. The molecule has 0 bridgehead atoms. The zero-order valence-electron chi connectivity index (χ0n) is 13.9. The number of carbonyl (C=O) groups excluding carboxylic acids is 2. The number of ether oxygens (including phenoxy) is 1. The molecule has 0 fully saturated rings. The van der Waals surface area contributed by atoms with Gasteiger partial charge >= 0.3 is 5.97 Å². The summed E-state index contributed by atoms with van der Waals surface area (Å²) >= 11 is 0. The molecule has 124 valence electrons. The van der Waals surface area contributed by atoms with Crippen molar-refractivity contribution >= 4 is 11.9 Å². The van der Waals surface area contributed by atoms with Crippen LogP contribution in [0.25, 0.3) is 0 Å².